The minimum atomic E-state index is -0.304. The smallest absolute Gasteiger partial charge is 0.176 e. The highest BCUT2D eigenvalue weighted by Crippen LogP contribution is 2.08. The number of carbonyl (C=O) groups excluding carboxylic acids is 1. The molecule has 0 atom stereocenters. The maximum absolute atomic E-state index is 12.8. The molecule has 3 nitrogen and oxygen atoms in total. The van der Waals surface area contributed by atoms with Crippen molar-refractivity contribution in [2.24, 2.45) is 0 Å². The molecule has 0 amide bonds. The first-order valence-electron chi connectivity index (χ1n) is 6.81. The summed E-state index contributed by atoms with van der Waals surface area (Å²) in [5, 5.41) is 0. The molecule has 0 bridgehead atoms. The highest BCUT2D eigenvalue weighted by molar-refractivity contribution is 5.97. The summed E-state index contributed by atoms with van der Waals surface area (Å²) in [5.41, 5.74) is 0.590. The molecule has 1 aliphatic rings. The summed E-state index contributed by atoms with van der Waals surface area (Å²) in [7, 11) is 0. The summed E-state index contributed by atoms with van der Waals surface area (Å²) < 4.78 is 12.8. The van der Waals surface area contributed by atoms with E-state index in [0.717, 1.165) is 26.2 Å². The van der Waals surface area contributed by atoms with E-state index in [9.17, 15) is 9.18 Å². The molecule has 1 heterocycles. The van der Waals surface area contributed by atoms with Crippen molar-refractivity contribution in [3.05, 3.63) is 35.6 Å². The second-order valence-electron chi connectivity index (χ2n) is 5.34. The van der Waals surface area contributed by atoms with Gasteiger partial charge in [0, 0.05) is 37.8 Å². The maximum Gasteiger partial charge on any atom is 0.176 e. The molecule has 1 saturated heterocycles. The molecule has 1 fully saturated rings. The quantitative estimate of drug-likeness (QED) is 0.778. The minimum Gasteiger partial charge on any atom is -0.298 e. The molecule has 1 aromatic carbocycles. The van der Waals surface area contributed by atoms with Crippen LogP contribution in [0.1, 0.15) is 24.2 Å². The molecule has 0 radical (unpaired) electrons. The van der Waals surface area contributed by atoms with Gasteiger partial charge in [-0.3, -0.25) is 14.6 Å². The fourth-order valence-corrected chi connectivity index (χ4v) is 2.37. The van der Waals surface area contributed by atoms with Crippen LogP contribution < -0.4 is 0 Å². The molecule has 0 N–H and O–H groups in total. The topological polar surface area (TPSA) is 23.6 Å². The zero-order valence-electron chi connectivity index (χ0n) is 11.6. The lowest BCUT2D eigenvalue weighted by molar-refractivity contribution is 0.0807. The fraction of sp³-hybridized carbons (Fsp3) is 0.533. The third kappa shape index (κ3) is 3.85. The van der Waals surface area contributed by atoms with Crippen LogP contribution in [-0.4, -0.2) is 54.3 Å². The first-order valence-corrected chi connectivity index (χ1v) is 6.81. The second-order valence-corrected chi connectivity index (χ2v) is 5.34. The Morgan fingerprint density at radius 1 is 1.16 bits per heavy atom. The van der Waals surface area contributed by atoms with Gasteiger partial charge >= 0.3 is 0 Å². The summed E-state index contributed by atoms with van der Waals surface area (Å²) in [4.78, 5) is 16.6. The van der Waals surface area contributed by atoms with E-state index in [1.807, 2.05) is 0 Å². The van der Waals surface area contributed by atoms with Crippen molar-refractivity contribution < 1.29 is 9.18 Å². The van der Waals surface area contributed by atoms with E-state index in [2.05, 4.69) is 23.6 Å². The van der Waals surface area contributed by atoms with Crippen molar-refractivity contribution in [2.45, 2.75) is 19.9 Å². The fourth-order valence-electron chi connectivity index (χ4n) is 2.37. The van der Waals surface area contributed by atoms with Gasteiger partial charge in [-0.1, -0.05) is 0 Å². The predicted octanol–water partition coefficient (Wildman–Crippen LogP) is 2.03. The Labute approximate surface area is 114 Å². The lowest BCUT2D eigenvalue weighted by Crippen LogP contribution is -2.50. The minimum absolute atomic E-state index is 0.0676. The Hall–Kier alpha value is -1.26. The first kappa shape index (κ1) is 14.2. The number of piperazine rings is 1. The Morgan fingerprint density at radius 2 is 1.74 bits per heavy atom. The highest BCUT2D eigenvalue weighted by atomic mass is 19.1. The molecule has 1 aliphatic heterocycles. The van der Waals surface area contributed by atoms with Crippen LogP contribution in [0.3, 0.4) is 0 Å². The summed E-state index contributed by atoms with van der Waals surface area (Å²) in [6, 6.07) is 6.35. The summed E-state index contributed by atoms with van der Waals surface area (Å²) in [6.45, 7) is 8.68. The lowest BCUT2D eigenvalue weighted by Gasteiger charge is -2.36. The van der Waals surface area contributed by atoms with Gasteiger partial charge in [-0.2, -0.15) is 0 Å². The van der Waals surface area contributed by atoms with Gasteiger partial charge in [0.25, 0.3) is 0 Å². The molecule has 0 aromatic heterocycles. The SMILES string of the molecule is CC(C)N1CCN(CC(=O)c2ccc(F)cc2)CC1. The number of Topliss-reactive ketones (excluding diaryl/α,β-unsaturated/α-hetero) is 1. The van der Waals surface area contributed by atoms with Crippen LogP contribution in [0, 0.1) is 5.82 Å². The third-order valence-corrected chi connectivity index (χ3v) is 3.67. The van der Waals surface area contributed by atoms with Gasteiger partial charge in [-0.05, 0) is 38.1 Å². The zero-order valence-corrected chi connectivity index (χ0v) is 11.6. The van der Waals surface area contributed by atoms with Gasteiger partial charge in [0.15, 0.2) is 5.78 Å². The van der Waals surface area contributed by atoms with Crippen molar-refractivity contribution in [1.29, 1.82) is 0 Å². The molecule has 1 aromatic rings. The molecular weight excluding hydrogens is 243 g/mol. The summed E-state index contributed by atoms with van der Waals surface area (Å²) in [6.07, 6.45) is 0. The van der Waals surface area contributed by atoms with E-state index in [1.165, 1.54) is 12.1 Å². The van der Waals surface area contributed by atoms with Gasteiger partial charge in [-0.25, -0.2) is 4.39 Å². The number of halogens is 1. The largest absolute Gasteiger partial charge is 0.298 e. The van der Waals surface area contributed by atoms with E-state index in [-0.39, 0.29) is 11.6 Å². The lowest BCUT2D eigenvalue weighted by atomic mass is 10.1. The predicted molar refractivity (Wildman–Crippen MR) is 73.9 cm³/mol. The van der Waals surface area contributed by atoms with Crippen LogP contribution in [-0.2, 0) is 0 Å². The van der Waals surface area contributed by atoms with Crippen molar-refractivity contribution in [3.63, 3.8) is 0 Å². The zero-order chi connectivity index (χ0) is 13.8. The number of rotatable bonds is 4. The Bertz CT molecular complexity index is 422. The van der Waals surface area contributed by atoms with E-state index in [4.69, 9.17) is 0 Å². The summed E-state index contributed by atoms with van der Waals surface area (Å²) >= 11 is 0. The van der Waals surface area contributed by atoms with Crippen molar-refractivity contribution in [2.75, 3.05) is 32.7 Å². The average molecular weight is 264 g/mol. The monoisotopic (exact) mass is 264 g/mol. The van der Waals surface area contributed by atoms with Crippen molar-refractivity contribution in [3.8, 4) is 0 Å². The number of hydrogen-bond acceptors (Lipinski definition) is 3. The molecule has 4 heteroatoms. The molecule has 104 valence electrons. The standard InChI is InChI=1S/C15H21FN2O/c1-12(2)18-9-7-17(8-10-18)11-15(19)13-3-5-14(16)6-4-13/h3-6,12H,7-11H2,1-2H3. The van der Waals surface area contributed by atoms with Crippen molar-refractivity contribution in [1.82, 2.24) is 9.80 Å². The van der Waals surface area contributed by atoms with Gasteiger partial charge in [0.2, 0.25) is 0 Å². The number of hydrogen-bond donors (Lipinski definition) is 0. The van der Waals surface area contributed by atoms with Gasteiger partial charge < -0.3 is 0 Å². The van der Waals surface area contributed by atoms with Crippen LogP contribution in [0.5, 0.6) is 0 Å². The molecule has 19 heavy (non-hydrogen) atoms. The Morgan fingerprint density at radius 3 is 2.26 bits per heavy atom. The number of benzene rings is 1. The molecule has 0 aliphatic carbocycles. The van der Waals surface area contributed by atoms with E-state index >= 15 is 0 Å². The Balaban J connectivity index is 1.85. The molecule has 0 spiro atoms. The van der Waals surface area contributed by atoms with E-state index < -0.39 is 0 Å². The van der Waals surface area contributed by atoms with Crippen LogP contribution in [0.15, 0.2) is 24.3 Å². The maximum atomic E-state index is 12.8. The summed E-state index contributed by atoms with van der Waals surface area (Å²) in [5.74, 6) is -0.236. The number of carbonyl (C=O) groups is 1. The molecule has 0 saturated carbocycles. The number of nitrogens with zero attached hydrogens (tertiary/aromatic N) is 2. The molecule has 2 rings (SSSR count). The highest BCUT2D eigenvalue weighted by Gasteiger charge is 2.20. The van der Waals surface area contributed by atoms with Crippen LogP contribution >= 0.6 is 0 Å². The average Bonchev–Trinajstić information content (AvgIpc) is 2.40. The van der Waals surface area contributed by atoms with E-state index in [0.29, 0.717) is 18.2 Å². The van der Waals surface area contributed by atoms with Gasteiger partial charge in [0.05, 0.1) is 6.54 Å². The van der Waals surface area contributed by atoms with Gasteiger partial charge in [-0.15, -0.1) is 0 Å². The first-order chi connectivity index (χ1) is 9.06. The molecular formula is C15H21FN2O. The second kappa shape index (κ2) is 6.26. The van der Waals surface area contributed by atoms with Crippen LogP contribution in [0.4, 0.5) is 4.39 Å². The van der Waals surface area contributed by atoms with Gasteiger partial charge in [0.1, 0.15) is 5.82 Å². The normalized spacial score (nSPS) is 17.9. The van der Waals surface area contributed by atoms with Crippen LogP contribution in [0.2, 0.25) is 0 Å². The molecule has 0 unspecified atom stereocenters. The number of ketones is 1. The van der Waals surface area contributed by atoms with E-state index in [1.54, 1.807) is 12.1 Å². The van der Waals surface area contributed by atoms with Crippen LogP contribution in [0.25, 0.3) is 0 Å². The Kier molecular flexibility index (Phi) is 4.66. The third-order valence-electron chi connectivity index (χ3n) is 3.67. The van der Waals surface area contributed by atoms with Crippen molar-refractivity contribution >= 4 is 5.78 Å².